The Morgan fingerprint density at radius 2 is 2.11 bits per heavy atom. The molecule has 0 aliphatic rings. The first-order valence-electron chi connectivity index (χ1n) is 5.31. The normalized spacial score (nSPS) is 12.4. The molecule has 0 radical (unpaired) electrons. The highest BCUT2D eigenvalue weighted by molar-refractivity contribution is 5.88. The largest absolute Gasteiger partial charge is 0.478 e. The van der Waals surface area contributed by atoms with Gasteiger partial charge >= 0.3 is 12.1 Å². The van der Waals surface area contributed by atoms with Crippen molar-refractivity contribution >= 4 is 5.97 Å². The second-order valence-electron chi connectivity index (χ2n) is 4.18. The summed E-state index contributed by atoms with van der Waals surface area (Å²) < 4.78 is 42.0. The molecule has 18 heavy (non-hydrogen) atoms. The van der Waals surface area contributed by atoms with Crippen LogP contribution in [0, 0.1) is 0 Å². The van der Waals surface area contributed by atoms with E-state index in [1.807, 2.05) is 0 Å². The fourth-order valence-electron chi connectivity index (χ4n) is 1.49. The van der Waals surface area contributed by atoms with E-state index in [0.29, 0.717) is 0 Å². The van der Waals surface area contributed by atoms with Crippen molar-refractivity contribution in [2.75, 3.05) is 6.54 Å². The second-order valence-corrected chi connectivity index (χ2v) is 4.18. The number of hydrogen-bond donors (Lipinski definition) is 1. The van der Waals surface area contributed by atoms with Crippen molar-refractivity contribution in [1.29, 1.82) is 0 Å². The Kier molecular flexibility index (Phi) is 4.39. The Morgan fingerprint density at radius 3 is 2.56 bits per heavy atom. The van der Waals surface area contributed by atoms with Crippen LogP contribution in [0.4, 0.5) is 13.2 Å². The first kappa shape index (κ1) is 14.6. The van der Waals surface area contributed by atoms with Crippen molar-refractivity contribution in [3.63, 3.8) is 0 Å². The van der Waals surface area contributed by atoms with Crippen molar-refractivity contribution in [2.45, 2.75) is 32.6 Å². The van der Waals surface area contributed by atoms with E-state index in [4.69, 9.17) is 9.52 Å². The molecule has 4 nitrogen and oxygen atoms in total. The molecule has 0 bridgehead atoms. The summed E-state index contributed by atoms with van der Waals surface area (Å²) >= 11 is 0. The van der Waals surface area contributed by atoms with Crippen molar-refractivity contribution in [2.24, 2.45) is 0 Å². The van der Waals surface area contributed by atoms with Crippen LogP contribution >= 0.6 is 0 Å². The summed E-state index contributed by atoms with van der Waals surface area (Å²) in [5.41, 5.74) is -0.108. The van der Waals surface area contributed by atoms with E-state index < -0.39 is 18.7 Å². The highest BCUT2D eigenvalue weighted by Gasteiger charge is 2.32. The monoisotopic (exact) mass is 265 g/mol. The average Bonchev–Trinajstić information content (AvgIpc) is 2.62. The lowest BCUT2D eigenvalue weighted by molar-refractivity contribution is -0.151. The minimum atomic E-state index is -4.33. The smallest absolute Gasteiger partial charge is 0.401 e. The summed E-state index contributed by atoms with van der Waals surface area (Å²) in [4.78, 5) is 11.9. The van der Waals surface area contributed by atoms with E-state index in [1.54, 1.807) is 13.8 Å². The maximum absolute atomic E-state index is 12.4. The minimum Gasteiger partial charge on any atom is -0.478 e. The third-order valence-corrected chi connectivity index (χ3v) is 2.44. The van der Waals surface area contributed by atoms with Crippen LogP contribution in [0.15, 0.2) is 16.7 Å². The molecule has 0 amide bonds. The van der Waals surface area contributed by atoms with Gasteiger partial charge in [0, 0.05) is 6.04 Å². The molecule has 0 aromatic carbocycles. The lowest BCUT2D eigenvalue weighted by Crippen LogP contribution is -2.38. The molecule has 0 fully saturated rings. The van der Waals surface area contributed by atoms with E-state index in [1.165, 1.54) is 6.07 Å². The van der Waals surface area contributed by atoms with Crippen molar-refractivity contribution in [3.05, 3.63) is 23.7 Å². The summed E-state index contributed by atoms with van der Waals surface area (Å²) in [6.07, 6.45) is -3.18. The van der Waals surface area contributed by atoms with Crippen molar-refractivity contribution < 1.29 is 27.5 Å². The molecule has 0 saturated heterocycles. The first-order valence-corrected chi connectivity index (χ1v) is 5.31. The number of aromatic carboxylic acids is 1. The van der Waals surface area contributed by atoms with Gasteiger partial charge in [0.1, 0.15) is 11.3 Å². The Labute approximate surface area is 102 Å². The van der Waals surface area contributed by atoms with E-state index in [0.717, 1.165) is 11.2 Å². The SMILES string of the molecule is CC(C)N(Cc1occc1C(=O)O)CC(F)(F)F. The highest BCUT2D eigenvalue weighted by Crippen LogP contribution is 2.21. The topological polar surface area (TPSA) is 53.7 Å². The number of rotatable bonds is 5. The molecule has 0 saturated carbocycles. The van der Waals surface area contributed by atoms with Gasteiger partial charge in [0.05, 0.1) is 19.4 Å². The molecule has 0 unspecified atom stereocenters. The van der Waals surface area contributed by atoms with Gasteiger partial charge in [0.2, 0.25) is 0 Å². The Morgan fingerprint density at radius 1 is 1.50 bits per heavy atom. The number of carboxylic acid groups (broad SMARTS) is 1. The van der Waals surface area contributed by atoms with Gasteiger partial charge in [0.25, 0.3) is 0 Å². The lowest BCUT2D eigenvalue weighted by atomic mass is 10.2. The molecule has 0 aliphatic carbocycles. The maximum Gasteiger partial charge on any atom is 0.401 e. The molecule has 1 aromatic heterocycles. The molecule has 0 aliphatic heterocycles. The minimum absolute atomic E-state index is 0.0282. The summed E-state index contributed by atoms with van der Waals surface area (Å²) in [5.74, 6) is -1.19. The average molecular weight is 265 g/mol. The van der Waals surface area contributed by atoms with Crippen LogP contribution in [0.1, 0.15) is 30.0 Å². The third kappa shape index (κ3) is 4.06. The van der Waals surface area contributed by atoms with E-state index in [2.05, 4.69) is 0 Å². The predicted molar refractivity (Wildman–Crippen MR) is 57.3 cm³/mol. The number of halogens is 3. The van der Waals surface area contributed by atoms with Gasteiger partial charge in [-0.25, -0.2) is 4.79 Å². The lowest BCUT2D eigenvalue weighted by Gasteiger charge is -2.26. The molecular formula is C11H14F3NO3. The molecule has 1 aromatic rings. The van der Waals surface area contributed by atoms with Gasteiger partial charge in [-0.2, -0.15) is 13.2 Å². The quantitative estimate of drug-likeness (QED) is 0.889. The number of hydrogen-bond acceptors (Lipinski definition) is 3. The Bertz CT molecular complexity index is 412. The molecule has 1 rings (SSSR count). The summed E-state index contributed by atoms with van der Waals surface area (Å²) in [7, 11) is 0. The third-order valence-electron chi connectivity index (χ3n) is 2.44. The van der Waals surface area contributed by atoms with E-state index >= 15 is 0 Å². The molecule has 0 spiro atoms. The summed E-state index contributed by atoms with van der Waals surface area (Å²) in [5, 5.41) is 8.84. The molecule has 1 heterocycles. The molecule has 102 valence electrons. The first-order chi connectivity index (χ1) is 8.20. The van der Waals surface area contributed by atoms with Crippen molar-refractivity contribution in [3.8, 4) is 0 Å². The van der Waals surface area contributed by atoms with Crippen LogP contribution in [0.5, 0.6) is 0 Å². The van der Waals surface area contributed by atoms with Crippen LogP contribution in [-0.4, -0.2) is 34.7 Å². The number of nitrogens with zero attached hydrogens (tertiary/aromatic N) is 1. The summed E-state index contributed by atoms with van der Waals surface area (Å²) in [6.45, 7) is 1.92. The van der Waals surface area contributed by atoms with Crippen LogP contribution in [0.2, 0.25) is 0 Å². The van der Waals surface area contributed by atoms with Gasteiger partial charge in [-0.1, -0.05) is 0 Å². The second kappa shape index (κ2) is 5.43. The van der Waals surface area contributed by atoms with E-state index in [9.17, 15) is 18.0 Å². The zero-order chi connectivity index (χ0) is 13.9. The predicted octanol–water partition coefficient (Wildman–Crippen LogP) is 2.75. The zero-order valence-corrected chi connectivity index (χ0v) is 9.99. The van der Waals surface area contributed by atoms with Crippen LogP contribution in [0.3, 0.4) is 0 Å². The molecule has 0 atom stereocenters. The van der Waals surface area contributed by atoms with E-state index in [-0.39, 0.29) is 23.9 Å². The maximum atomic E-state index is 12.4. The Hall–Kier alpha value is -1.50. The van der Waals surface area contributed by atoms with Gasteiger partial charge < -0.3 is 9.52 Å². The molecule has 1 N–H and O–H groups in total. The highest BCUT2D eigenvalue weighted by atomic mass is 19.4. The van der Waals surface area contributed by atoms with Crippen LogP contribution < -0.4 is 0 Å². The van der Waals surface area contributed by atoms with Gasteiger partial charge in [-0.3, -0.25) is 4.90 Å². The molecular weight excluding hydrogens is 251 g/mol. The summed E-state index contributed by atoms with van der Waals surface area (Å²) in [6, 6.07) is 0.849. The van der Waals surface area contributed by atoms with Crippen molar-refractivity contribution in [1.82, 2.24) is 4.90 Å². The fraction of sp³-hybridized carbons (Fsp3) is 0.545. The number of alkyl halides is 3. The number of furan rings is 1. The van der Waals surface area contributed by atoms with Crippen LogP contribution in [-0.2, 0) is 6.54 Å². The molecule has 7 heteroatoms. The Balaban J connectivity index is 2.84. The number of carbonyl (C=O) groups is 1. The van der Waals surface area contributed by atoms with Gasteiger partial charge in [-0.05, 0) is 19.9 Å². The standard InChI is InChI=1S/C11H14F3NO3/c1-7(2)15(6-11(12,13)14)5-9-8(10(16)17)3-4-18-9/h3-4,7H,5-6H2,1-2H3,(H,16,17). The zero-order valence-electron chi connectivity index (χ0n) is 9.99. The fourth-order valence-corrected chi connectivity index (χ4v) is 1.49. The van der Waals surface area contributed by atoms with Gasteiger partial charge in [0.15, 0.2) is 0 Å². The van der Waals surface area contributed by atoms with Crippen LogP contribution in [0.25, 0.3) is 0 Å². The number of carboxylic acids is 1. The van der Waals surface area contributed by atoms with Gasteiger partial charge in [-0.15, -0.1) is 0 Å².